The maximum atomic E-state index is 11.2. The summed E-state index contributed by atoms with van der Waals surface area (Å²) < 4.78 is 1.67. The lowest BCUT2D eigenvalue weighted by molar-refractivity contribution is 0.0698. The molecular formula is C14H17N3O2. The number of aromatic carboxylic acids is 1. The topological polar surface area (TPSA) is 81.1 Å². The number of rotatable bonds is 3. The SMILES string of the molecule is Cc1cc(-n2ccc(C(C)C)n2)cc(C(=O)O)c1N. The van der Waals surface area contributed by atoms with Crippen LogP contribution in [0.3, 0.4) is 0 Å². The molecule has 1 aromatic heterocycles. The van der Waals surface area contributed by atoms with Gasteiger partial charge >= 0.3 is 5.97 Å². The molecule has 2 aromatic rings. The summed E-state index contributed by atoms with van der Waals surface area (Å²) in [5.74, 6) is -0.700. The van der Waals surface area contributed by atoms with Gasteiger partial charge in [-0.15, -0.1) is 0 Å². The van der Waals surface area contributed by atoms with Crippen molar-refractivity contribution >= 4 is 11.7 Å². The lowest BCUT2D eigenvalue weighted by Crippen LogP contribution is -2.07. The van der Waals surface area contributed by atoms with Crippen LogP contribution in [-0.2, 0) is 0 Å². The number of nitrogens with zero attached hydrogens (tertiary/aromatic N) is 2. The smallest absolute Gasteiger partial charge is 0.337 e. The van der Waals surface area contributed by atoms with Crippen molar-refractivity contribution < 1.29 is 9.90 Å². The summed E-state index contributed by atoms with van der Waals surface area (Å²) >= 11 is 0. The van der Waals surface area contributed by atoms with Gasteiger partial charge in [-0.1, -0.05) is 13.8 Å². The molecule has 0 unspecified atom stereocenters. The largest absolute Gasteiger partial charge is 0.478 e. The third kappa shape index (κ3) is 2.45. The predicted molar refractivity (Wildman–Crippen MR) is 73.8 cm³/mol. The van der Waals surface area contributed by atoms with Gasteiger partial charge in [-0.2, -0.15) is 5.10 Å². The second kappa shape index (κ2) is 4.76. The first-order valence-electron chi connectivity index (χ1n) is 6.09. The van der Waals surface area contributed by atoms with Crippen molar-refractivity contribution in [2.45, 2.75) is 26.7 Å². The lowest BCUT2D eigenvalue weighted by Gasteiger charge is -2.09. The molecule has 0 fully saturated rings. The van der Waals surface area contributed by atoms with E-state index in [1.54, 1.807) is 17.7 Å². The van der Waals surface area contributed by atoms with Crippen LogP contribution in [0.15, 0.2) is 24.4 Å². The van der Waals surface area contributed by atoms with E-state index < -0.39 is 5.97 Å². The molecule has 2 rings (SSSR count). The third-order valence-electron chi connectivity index (χ3n) is 3.07. The minimum atomic E-state index is -1.03. The van der Waals surface area contributed by atoms with Crippen molar-refractivity contribution in [3.63, 3.8) is 0 Å². The molecule has 0 bridgehead atoms. The van der Waals surface area contributed by atoms with Crippen molar-refractivity contribution in [1.29, 1.82) is 0 Å². The van der Waals surface area contributed by atoms with Crippen LogP contribution >= 0.6 is 0 Å². The first kappa shape index (κ1) is 13.1. The van der Waals surface area contributed by atoms with Crippen molar-refractivity contribution in [2.24, 2.45) is 0 Å². The molecule has 0 saturated carbocycles. The molecule has 0 atom stereocenters. The summed E-state index contributed by atoms with van der Waals surface area (Å²) in [6, 6.07) is 5.30. The Labute approximate surface area is 111 Å². The Morgan fingerprint density at radius 2 is 2.11 bits per heavy atom. The van der Waals surface area contributed by atoms with E-state index in [2.05, 4.69) is 18.9 Å². The van der Waals surface area contributed by atoms with E-state index >= 15 is 0 Å². The monoisotopic (exact) mass is 259 g/mol. The van der Waals surface area contributed by atoms with Gasteiger partial charge in [-0.3, -0.25) is 0 Å². The Morgan fingerprint density at radius 3 is 2.63 bits per heavy atom. The number of carbonyl (C=O) groups is 1. The van der Waals surface area contributed by atoms with Gasteiger partial charge in [-0.05, 0) is 36.6 Å². The summed E-state index contributed by atoms with van der Waals surface area (Å²) in [6.45, 7) is 5.91. The molecule has 0 saturated heterocycles. The molecule has 0 aliphatic heterocycles. The number of carboxylic acid groups (broad SMARTS) is 1. The number of hydrogen-bond acceptors (Lipinski definition) is 3. The molecule has 100 valence electrons. The van der Waals surface area contributed by atoms with Gasteiger partial charge in [0.05, 0.1) is 16.9 Å². The molecule has 3 N–H and O–H groups in total. The van der Waals surface area contributed by atoms with Crippen LogP contribution < -0.4 is 5.73 Å². The number of nitrogen functional groups attached to an aromatic ring is 1. The number of anilines is 1. The lowest BCUT2D eigenvalue weighted by atomic mass is 10.1. The van der Waals surface area contributed by atoms with Crippen molar-refractivity contribution in [3.8, 4) is 5.69 Å². The van der Waals surface area contributed by atoms with Gasteiger partial charge in [0.15, 0.2) is 0 Å². The molecule has 0 radical (unpaired) electrons. The van der Waals surface area contributed by atoms with Crippen LogP contribution in [0.5, 0.6) is 0 Å². The Balaban J connectivity index is 2.53. The number of aryl methyl sites for hydroxylation is 1. The maximum absolute atomic E-state index is 11.2. The quantitative estimate of drug-likeness (QED) is 0.830. The van der Waals surface area contributed by atoms with Crippen molar-refractivity contribution in [3.05, 3.63) is 41.2 Å². The number of nitrogens with two attached hydrogens (primary N) is 1. The van der Waals surface area contributed by atoms with Crippen molar-refractivity contribution in [2.75, 3.05) is 5.73 Å². The molecule has 5 heteroatoms. The van der Waals surface area contributed by atoms with Crippen LogP contribution in [0.2, 0.25) is 0 Å². The second-order valence-electron chi connectivity index (χ2n) is 4.87. The Morgan fingerprint density at radius 1 is 1.42 bits per heavy atom. The predicted octanol–water partition coefficient (Wildman–Crippen LogP) is 2.58. The molecule has 0 aliphatic rings. The average molecular weight is 259 g/mol. The van der Waals surface area contributed by atoms with E-state index in [-0.39, 0.29) is 5.56 Å². The van der Waals surface area contributed by atoms with Gasteiger partial charge in [0.1, 0.15) is 0 Å². The minimum absolute atomic E-state index is 0.108. The maximum Gasteiger partial charge on any atom is 0.337 e. The van der Waals surface area contributed by atoms with E-state index in [1.807, 2.05) is 18.3 Å². The fraction of sp³-hybridized carbons (Fsp3) is 0.286. The number of benzene rings is 1. The van der Waals surface area contributed by atoms with Crippen LogP contribution in [0.1, 0.15) is 41.4 Å². The Kier molecular flexibility index (Phi) is 3.29. The molecular weight excluding hydrogens is 242 g/mol. The highest BCUT2D eigenvalue weighted by Gasteiger charge is 2.13. The van der Waals surface area contributed by atoms with Crippen LogP contribution in [0, 0.1) is 6.92 Å². The van der Waals surface area contributed by atoms with Gasteiger partial charge < -0.3 is 10.8 Å². The molecule has 1 aromatic carbocycles. The molecule has 5 nitrogen and oxygen atoms in total. The van der Waals surface area contributed by atoms with E-state index in [0.29, 0.717) is 17.3 Å². The summed E-state index contributed by atoms with van der Waals surface area (Å²) in [5.41, 5.74) is 8.58. The molecule has 1 heterocycles. The number of aromatic nitrogens is 2. The third-order valence-corrected chi connectivity index (χ3v) is 3.07. The Bertz CT molecular complexity index is 630. The summed E-state index contributed by atoms with van der Waals surface area (Å²) in [5, 5.41) is 13.6. The highest BCUT2D eigenvalue weighted by molar-refractivity contribution is 5.95. The van der Waals surface area contributed by atoms with Gasteiger partial charge in [-0.25, -0.2) is 9.48 Å². The summed E-state index contributed by atoms with van der Waals surface area (Å²) in [4.78, 5) is 11.2. The van der Waals surface area contributed by atoms with Gasteiger partial charge in [0.2, 0.25) is 0 Å². The van der Waals surface area contributed by atoms with E-state index in [0.717, 1.165) is 11.3 Å². The fourth-order valence-electron chi connectivity index (χ4n) is 1.88. The van der Waals surface area contributed by atoms with Gasteiger partial charge in [0, 0.05) is 11.9 Å². The highest BCUT2D eigenvalue weighted by Crippen LogP contribution is 2.22. The van der Waals surface area contributed by atoms with Gasteiger partial charge in [0.25, 0.3) is 0 Å². The van der Waals surface area contributed by atoms with E-state index in [1.165, 1.54) is 0 Å². The second-order valence-corrected chi connectivity index (χ2v) is 4.87. The van der Waals surface area contributed by atoms with Crippen molar-refractivity contribution in [1.82, 2.24) is 9.78 Å². The van der Waals surface area contributed by atoms with E-state index in [4.69, 9.17) is 10.8 Å². The normalized spacial score (nSPS) is 10.9. The highest BCUT2D eigenvalue weighted by atomic mass is 16.4. The fourth-order valence-corrected chi connectivity index (χ4v) is 1.88. The first-order valence-corrected chi connectivity index (χ1v) is 6.09. The average Bonchev–Trinajstić information content (AvgIpc) is 2.81. The zero-order chi connectivity index (χ0) is 14.2. The summed E-state index contributed by atoms with van der Waals surface area (Å²) in [6.07, 6.45) is 1.83. The van der Waals surface area contributed by atoms with Crippen LogP contribution in [-0.4, -0.2) is 20.9 Å². The number of carboxylic acids is 1. The molecule has 0 aliphatic carbocycles. The van der Waals surface area contributed by atoms with Crippen LogP contribution in [0.4, 0.5) is 5.69 Å². The Hall–Kier alpha value is -2.30. The standard InChI is InChI=1S/C14H17N3O2/c1-8(2)12-4-5-17(16-12)10-6-9(3)13(15)11(7-10)14(18)19/h4-8H,15H2,1-3H3,(H,18,19). The summed E-state index contributed by atoms with van der Waals surface area (Å²) in [7, 11) is 0. The van der Waals surface area contributed by atoms with E-state index in [9.17, 15) is 4.79 Å². The number of hydrogen-bond donors (Lipinski definition) is 2. The molecule has 19 heavy (non-hydrogen) atoms. The minimum Gasteiger partial charge on any atom is -0.478 e. The zero-order valence-corrected chi connectivity index (χ0v) is 11.2. The zero-order valence-electron chi connectivity index (χ0n) is 11.2. The van der Waals surface area contributed by atoms with Crippen LogP contribution in [0.25, 0.3) is 5.69 Å². The molecule has 0 spiro atoms. The molecule has 0 amide bonds. The first-order chi connectivity index (χ1) is 8.90.